The fraction of sp³-hybridized carbons (Fsp3) is 0.368. The number of aliphatic hydroxyl groups is 1. The summed E-state index contributed by atoms with van der Waals surface area (Å²) in [6.07, 6.45) is 1.28. The van der Waals surface area contributed by atoms with Gasteiger partial charge in [0.05, 0.1) is 12.1 Å². The minimum atomic E-state index is -0.602. The van der Waals surface area contributed by atoms with Gasteiger partial charge in [0, 0.05) is 13.6 Å². The number of rotatable bonds is 4. The molecule has 5 nitrogen and oxygen atoms in total. The third-order valence-electron chi connectivity index (χ3n) is 4.59. The Morgan fingerprint density at radius 1 is 1.32 bits per heavy atom. The second kappa shape index (κ2) is 7.61. The van der Waals surface area contributed by atoms with E-state index in [0.717, 1.165) is 12.0 Å². The van der Waals surface area contributed by atoms with E-state index in [1.807, 2.05) is 0 Å². The molecular formula is C19H22FN3O2. The van der Waals surface area contributed by atoms with Crippen LogP contribution >= 0.6 is 0 Å². The van der Waals surface area contributed by atoms with E-state index in [4.69, 9.17) is 0 Å². The molecule has 0 aliphatic carbocycles. The number of carbonyl (C=O) groups is 1. The normalized spacial score (nSPS) is 20.4. The van der Waals surface area contributed by atoms with Gasteiger partial charge >= 0.3 is 0 Å². The number of nitrogens with one attached hydrogen (secondary N) is 1. The van der Waals surface area contributed by atoms with Gasteiger partial charge in [-0.1, -0.05) is 18.2 Å². The van der Waals surface area contributed by atoms with Crippen LogP contribution in [0.5, 0.6) is 0 Å². The Morgan fingerprint density at radius 3 is 2.80 bits per heavy atom. The Bertz CT molecular complexity index is 736. The molecular weight excluding hydrogens is 321 g/mol. The van der Waals surface area contributed by atoms with Crippen molar-refractivity contribution >= 4 is 11.7 Å². The molecule has 1 amide bonds. The number of nitrogens with zero attached hydrogens (tertiary/aromatic N) is 2. The average Bonchev–Trinajstić information content (AvgIpc) is 2.64. The van der Waals surface area contributed by atoms with Crippen molar-refractivity contribution < 1.29 is 14.3 Å². The van der Waals surface area contributed by atoms with Crippen LogP contribution in [0.15, 0.2) is 42.5 Å². The quantitative estimate of drug-likeness (QED) is 0.895. The van der Waals surface area contributed by atoms with Crippen molar-refractivity contribution in [1.29, 1.82) is 0 Å². The number of aromatic nitrogens is 1. The molecule has 0 radical (unpaired) electrons. The molecule has 25 heavy (non-hydrogen) atoms. The van der Waals surface area contributed by atoms with Crippen LogP contribution in [0.2, 0.25) is 0 Å². The van der Waals surface area contributed by atoms with Crippen LogP contribution in [-0.2, 0) is 6.42 Å². The number of benzene rings is 1. The number of pyridine rings is 1. The smallest absolute Gasteiger partial charge is 0.272 e. The van der Waals surface area contributed by atoms with E-state index in [1.54, 1.807) is 42.3 Å². The van der Waals surface area contributed by atoms with Crippen LogP contribution in [0.4, 0.5) is 10.2 Å². The number of amides is 1. The number of carbonyl (C=O) groups excluding carboxylic acids is 1. The summed E-state index contributed by atoms with van der Waals surface area (Å²) in [6.45, 7) is 0.577. The molecule has 0 unspecified atom stereocenters. The summed E-state index contributed by atoms with van der Waals surface area (Å²) in [5.41, 5.74) is 1.24. The summed E-state index contributed by atoms with van der Waals surface area (Å²) in [7, 11) is 1.75. The van der Waals surface area contributed by atoms with Crippen LogP contribution in [0.25, 0.3) is 0 Å². The lowest BCUT2D eigenvalue weighted by Gasteiger charge is -2.39. The van der Waals surface area contributed by atoms with E-state index in [-0.39, 0.29) is 17.8 Å². The maximum absolute atomic E-state index is 13.1. The lowest BCUT2D eigenvalue weighted by molar-refractivity contribution is 0.0115. The third-order valence-corrected chi connectivity index (χ3v) is 4.59. The number of piperidine rings is 1. The number of hydrogen-bond acceptors (Lipinski definition) is 4. The van der Waals surface area contributed by atoms with Gasteiger partial charge in [-0.05, 0) is 49.1 Å². The summed E-state index contributed by atoms with van der Waals surface area (Å²) < 4.78 is 13.1. The van der Waals surface area contributed by atoms with Gasteiger partial charge in [-0.2, -0.15) is 0 Å². The molecule has 1 fully saturated rings. The molecule has 0 spiro atoms. The van der Waals surface area contributed by atoms with Crippen molar-refractivity contribution in [3.8, 4) is 0 Å². The second-order valence-corrected chi connectivity index (χ2v) is 6.26. The minimum absolute atomic E-state index is 0.192. The maximum Gasteiger partial charge on any atom is 0.272 e. The average molecular weight is 343 g/mol. The van der Waals surface area contributed by atoms with Gasteiger partial charge in [0.25, 0.3) is 5.91 Å². The predicted molar refractivity (Wildman–Crippen MR) is 94.0 cm³/mol. The first-order valence-corrected chi connectivity index (χ1v) is 8.47. The van der Waals surface area contributed by atoms with Crippen molar-refractivity contribution in [3.63, 3.8) is 0 Å². The highest BCUT2D eigenvalue weighted by molar-refractivity contribution is 5.93. The molecule has 132 valence electrons. The highest BCUT2D eigenvalue weighted by atomic mass is 19.1. The standard InChI is InChI=1S/C19H22FN3O2/c1-21-18-6-2-4-15(22-18)19(25)23-11-3-5-17(24)16(23)12-13-7-9-14(20)10-8-13/h2,4,6-10,16-17,24H,3,5,11-12H2,1H3,(H,21,22)/t16-,17-/m0/s1. The molecule has 0 saturated carbocycles. The first kappa shape index (κ1) is 17.4. The van der Waals surface area contributed by atoms with E-state index in [0.29, 0.717) is 30.9 Å². The number of halogens is 1. The van der Waals surface area contributed by atoms with Gasteiger partial charge in [0.2, 0.25) is 0 Å². The van der Waals surface area contributed by atoms with Gasteiger partial charge in [-0.3, -0.25) is 4.79 Å². The Kier molecular flexibility index (Phi) is 5.28. The SMILES string of the molecule is CNc1cccc(C(=O)N2CCC[C@H](O)[C@@H]2Cc2ccc(F)cc2)n1. The van der Waals surface area contributed by atoms with Crippen LogP contribution in [0, 0.1) is 5.82 Å². The Labute approximate surface area is 146 Å². The van der Waals surface area contributed by atoms with Crippen molar-refractivity contribution in [1.82, 2.24) is 9.88 Å². The second-order valence-electron chi connectivity index (χ2n) is 6.26. The maximum atomic E-state index is 13.1. The molecule has 2 aromatic rings. The van der Waals surface area contributed by atoms with Gasteiger partial charge in [0.15, 0.2) is 0 Å². The fourth-order valence-electron chi connectivity index (χ4n) is 3.24. The van der Waals surface area contributed by atoms with Gasteiger partial charge in [-0.15, -0.1) is 0 Å². The highest BCUT2D eigenvalue weighted by Gasteiger charge is 2.34. The Hall–Kier alpha value is -2.47. The minimum Gasteiger partial charge on any atom is -0.391 e. The summed E-state index contributed by atoms with van der Waals surface area (Å²) in [5, 5.41) is 13.4. The largest absolute Gasteiger partial charge is 0.391 e. The molecule has 0 bridgehead atoms. The molecule has 1 saturated heterocycles. The first-order valence-electron chi connectivity index (χ1n) is 8.47. The summed E-state index contributed by atoms with van der Waals surface area (Å²) in [4.78, 5) is 18.9. The van der Waals surface area contributed by atoms with Crippen LogP contribution in [-0.4, -0.2) is 46.6 Å². The zero-order valence-corrected chi connectivity index (χ0v) is 14.2. The van der Waals surface area contributed by atoms with Crippen LogP contribution in [0.3, 0.4) is 0 Å². The van der Waals surface area contributed by atoms with Crippen molar-refractivity contribution in [2.45, 2.75) is 31.4 Å². The molecule has 1 aromatic heterocycles. The number of aliphatic hydroxyl groups excluding tert-OH is 1. The first-order chi connectivity index (χ1) is 12.1. The van der Waals surface area contributed by atoms with E-state index in [9.17, 15) is 14.3 Å². The van der Waals surface area contributed by atoms with Gasteiger partial charge in [0.1, 0.15) is 17.3 Å². The van der Waals surface area contributed by atoms with Crippen molar-refractivity contribution in [3.05, 3.63) is 59.5 Å². The van der Waals surface area contributed by atoms with E-state index >= 15 is 0 Å². The highest BCUT2D eigenvalue weighted by Crippen LogP contribution is 2.23. The van der Waals surface area contributed by atoms with E-state index in [2.05, 4.69) is 10.3 Å². The fourth-order valence-corrected chi connectivity index (χ4v) is 3.24. The van der Waals surface area contributed by atoms with Crippen LogP contribution in [0.1, 0.15) is 28.9 Å². The molecule has 2 N–H and O–H groups in total. The molecule has 1 aliphatic rings. The molecule has 1 aliphatic heterocycles. The Morgan fingerprint density at radius 2 is 2.08 bits per heavy atom. The lowest BCUT2D eigenvalue weighted by atomic mass is 9.92. The molecule has 2 atom stereocenters. The Balaban J connectivity index is 1.83. The molecule has 2 heterocycles. The predicted octanol–water partition coefficient (Wildman–Crippen LogP) is 2.47. The monoisotopic (exact) mass is 343 g/mol. The van der Waals surface area contributed by atoms with Crippen LogP contribution < -0.4 is 5.32 Å². The number of anilines is 1. The summed E-state index contributed by atoms with van der Waals surface area (Å²) in [5.74, 6) is 0.135. The topological polar surface area (TPSA) is 65.5 Å². The van der Waals surface area contributed by atoms with Gasteiger partial charge < -0.3 is 15.3 Å². The zero-order valence-electron chi connectivity index (χ0n) is 14.2. The molecule has 1 aromatic carbocycles. The molecule has 6 heteroatoms. The van der Waals surface area contributed by atoms with Crippen molar-refractivity contribution in [2.24, 2.45) is 0 Å². The summed E-state index contributed by atoms with van der Waals surface area (Å²) >= 11 is 0. The number of hydrogen-bond donors (Lipinski definition) is 2. The summed E-state index contributed by atoms with van der Waals surface area (Å²) in [6, 6.07) is 11.1. The zero-order chi connectivity index (χ0) is 17.8. The molecule has 3 rings (SSSR count). The lowest BCUT2D eigenvalue weighted by Crippen LogP contribution is -2.52. The van der Waals surface area contributed by atoms with E-state index in [1.165, 1.54) is 12.1 Å². The van der Waals surface area contributed by atoms with E-state index < -0.39 is 6.10 Å². The van der Waals surface area contributed by atoms with Gasteiger partial charge in [-0.25, -0.2) is 9.37 Å². The third kappa shape index (κ3) is 3.96. The van der Waals surface area contributed by atoms with Crippen molar-refractivity contribution in [2.75, 3.05) is 18.9 Å². The number of likely N-dealkylation sites (tertiary alicyclic amines) is 1.